The Hall–Kier alpha value is -1.60. The molecule has 66 valence electrons. The molecule has 1 aromatic rings. The topological polar surface area (TPSA) is 60.5 Å². The molecule has 0 aliphatic heterocycles. The Morgan fingerprint density at radius 1 is 1.23 bits per heavy atom. The first-order valence-electron chi connectivity index (χ1n) is 2.87. The number of alkyl halides is 3. The van der Waals surface area contributed by atoms with E-state index in [1.54, 1.807) is 0 Å². The standard InChI is InChI=1S/C6F3N3S/c7-6(8,9)5-3(1-10)4(2-11)13-12-5. The van der Waals surface area contributed by atoms with Gasteiger partial charge in [0.25, 0.3) is 0 Å². The van der Waals surface area contributed by atoms with E-state index in [0.29, 0.717) is 11.5 Å². The van der Waals surface area contributed by atoms with E-state index in [9.17, 15) is 13.2 Å². The number of hydrogen-bond acceptors (Lipinski definition) is 4. The zero-order valence-corrected chi connectivity index (χ0v) is 6.70. The molecule has 0 amide bonds. The lowest BCUT2D eigenvalue weighted by molar-refractivity contribution is -0.140. The van der Waals surface area contributed by atoms with Crippen LogP contribution in [0.25, 0.3) is 0 Å². The van der Waals surface area contributed by atoms with E-state index < -0.39 is 17.4 Å². The summed E-state index contributed by atoms with van der Waals surface area (Å²) < 4.78 is 39.2. The van der Waals surface area contributed by atoms with Crippen LogP contribution in [0.5, 0.6) is 0 Å². The van der Waals surface area contributed by atoms with E-state index in [1.165, 1.54) is 12.1 Å². The molecule has 1 rings (SSSR count). The van der Waals surface area contributed by atoms with Crippen LogP contribution in [0.3, 0.4) is 0 Å². The van der Waals surface area contributed by atoms with Crippen molar-refractivity contribution in [2.75, 3.05) is 0 Å². The Balaban J connectivity index is 3.37. The molecular formula is C6F3N3S. The highest BCUT2D eigenvalue weighted by Crippen LogP contribution is 2.33. The van der Waals surface area contributed by atoms with E-state index in [-0.39, 0.29) is 4.88 Å². The smallest absolute Gasteiger partial charge is 0.192 e. The van der Waals surface area contributed by atoms with Crippen molar-refractivity contribution in [1.82, 2.24) is 4.37 Å². The third kappa shape index (κ3) is 1.60. The first-order valence-corrected chi connectivity index (χ1v) is 3.65. The second-order valence-electron chi connectivity index (χ2n) is 1.96. The van der Waals surface area contributed by atoms with Crippen LogP contribution < -0.4 is 0 Å². The number of aromatic nitrogens is 1. The summed E-state index contributed by atoms with van der Waals surface area (Å²) in [5.41, 5.74) is -1.98. The Bertz CT molecular complexity index is 406. The van der Waals surface area contributed by atoms with Crippen LogP contribution >= 0.6 is 11.5 Å². The van der Waals surface area contributed by atoms with E-state index >= 15 is 0 Å². The predicted octanol–water partition coefficient (Wildman–Crippen LogP) is 1.91. The highest BCUT2D eigenvalue weighted by atomic mass is 32.1. The van der Waals surface area contributed by atoms with E-state index in [4.69, 9.17) is 10.5 Å². The van der Waals surface area contributed by atoms with Crippen molar-refractivity contribution in [2.24, 2.45) is 0 Å². The maximum absolute atomic E-state index is 12.1. The largest absolute Gasteiger partial charge is 0.435 e. The van der Waals surface area contributed by atoms with Gasteiger partial charge in [0.2, 0.25) is 0 Å². The predicted molar refractivity (Wildman–Crippen MR) is 36.5 cm³/mol. The molecule has 0 saturated carbocycles. The van der Waals surface area contributed by atoms with Crippen molar-refractivity contribution in [2.45, 2.75) is 6.18 Å². The molecule has 13 heavy (non-hydrogen) atoms. The number of hydrogen-bond donors (Lipinski definition) is 0. The summed E-state index contributed by atoms with van der Waals surface area (Å²) in [6, 6.07) is 2.78. The maximum atomic E-state index is 12.1. The fourth-order valence-electron chi connectivity index (χ4n) is 0.664. The van der Waals surface area contributed by atoms with Crippen LogP contribution in [0.4, 0.5) is 13.2 Å². The summed E-state index contributed by atoms with van der Waals surface area (Å²) >= 11 is 0.374. The average Bonchev–Trinajstić information content (AvgIpc) is 2.45. The minimum absolute atomic E-state index is 0.310. The molecule has 0 spiro atoms. The summed E-state index contributed by atoms with van der Waals surface area (Å²) in [6.07, 6.45) is -4.67. The Morgan fingerprint density at radius 2 is 1.85 bits per heavy atom. The second-order valence-corrected chi connectivity index (χ2v) is 2.73. The molecule has 0 bridgehead atoms. The van der Waals surface area contributed by atoms with Crippen molar-refractivity contribution < 1.29 is 13.2 Å². The van der Waals surface area contributed by atoms with E-state index in [0.717, 1.165) is 0 Å². The minimum Gasteiger partial charge on any atom is -0.192 e. The van der Waals surface area contributed by atoms with Crippen molar-refractivity contribution in [3.8, 4) is 12.1 Å². The monoisotopic (exact) mass is 203 g/mol. The number of halogens is 3. The molecule has 0 unspecified atom stereocenters. The van der Waals surface area contributed by atoms with Gasteiger partial charge in [-0.15, -0.1) is 0 Å². The molecular weight excluding hydrogens is 203 g/mol. The van der Waals surface area contributed by atoms with Crippen molar-refractivity contribution in [3.05, 3.63) is 16.1 Å². The highest BCUT2D eigenvalue weighted by molar-refractivity contribution is 7.06. The number of nitrogens with zero attached hydrogens (tertiary/aromatic N) is 3. The second kappa shape index (κ2) is 3.04. The molecule has 0 N–H and O–H groups in total. The van der Waals surface area contributed by atoms with Gasteiger partial charge in [0.1, 0.15) is 22.6 Å². The fraction of sp³-hybridized carbons (Fsp3) is 0.167. The van der Waals surface area contributed by atoms with Crippen LogP contribution in [-0.2, 0) is 6.18 Å². The third-order valence-corrected chi connectivity index (χ3v) is 1.93. The van der Waals surface area contributed by atoms with Gasteiger partial charge in [0.05, 0.1) is 0 Å². The van der Waals surface area contributed by atoms with Gasteiger partial charge in [0, 0.05) is 0 Å². The molecule has 0 atom stereocenters. The van der Waals surface area contributed by atoms with Crippen molar-refractivity contribution in [1.29, 1.82) is 10.5 Å². The maximum Gasteiger partial charge on any atom is 0.435 e. The lowest BCUT2D eigenvalue weighted by atomic mass is 10.2. The molecule has 0 aromatic carbocycles. The van der Waals surface area contributed by atoms with Gasteiger partial charge in [-0.1, -0.05) is 0 Å². The van der Waals surface area contributed by atoms with Crippen LogP contribution in [0.1, 0.15) is 16.1 Å². The lowest BCUT2D eigenvalue weighted by Crippen LogP contribution is -2.07. The summed E-state index contributed by atoms with van der Waals surface area (Å²) in [4.78, 5) is -0.310. The number of rotatable bonds is 0. The minimum atomic E-state index is -4.67. The highest BCUT2D eigenvalue weighted by Gasteiger charge is 2.38. The van der Waals surface area contributed by atoms with Crippen molar-refractivity contribution >= 4 is 11.5 Å². The Labute approximate surface area is 74.8 Å². The van der Waals surface area contributed by atoms with E-state index in [1.807, 2.05) is 0 Å². The van der Waals surface area contributed by atoms with Gasteiger partial charge >= 0.3 is 6.18 Å². The number of nitriles is 2. The van der Waals surface area contributed by atoms with Crippen LogP contribution in [0.15, 0.2) is 0 Å². The zero-order valence-electron chi connectivity index (χ0n) is 5.88. The van der Waals surface area contributed by atoms with Gasteiger partial charge < -0.3 is 0 Å². The zero-order chi connectivity index (χ0) is 10.1. The van der Waals surface area contributed by atoms with Crippen LogP contribution in [0.2, 0.25) is 0 Å². The summed E-state index contributed by atoms with van der Waals surface area (Å²) in [5.74, 6) is 0. The molecule has 0 fully saturated rings. The third-order valence-electron chi connectivity index (χ3n) is 1.17. The molecule has 1 heterocycles. The molecule has 0 aliphatic carbocycles. The van der Waals surface area contributed by atoms with Gasteiger partial charge in [0.15, 0.2) is 5.69 Å². The molecule has 7 heteroatoms. The molecule has 3 nitrogen and oxygen atoms in total. The fourth-order valence-corrected chi connectivity index (χ4v) is 1.32. The quantitative estimate of drug-likeness (QED) is 0.646. The van der Waals surface area contributed by atoms with Gasteiger partial charge in [-0.3, -0.25) is 0 Å². The van der Waals surface area contributed by atoms with Gasteiger partial charge in [-0.25, -0.2) is 0 Å². The molecule has 0 radical (unpaired) electrons. The van der Waals surface area contributed by atoms with Crippen molar-refractivity contribution in [3.63, 3.8) is 0 Å². The lowest BCUT2D eigenvalue weighted by Gasteiger charge is -2.00. The van der Waals surface area contributed by atoms with E-state index in [2.05, 4.69) is 4.37 Å². The van der Waals surface area contributed by atoms with Crippen LogP contribution in [-0.4, -0.2) is 4.37 Å². The SMILES string of the molecule is N#Cc1snc(C(F)(F)F)c1C#N. The van der Waals surface area contributed by atoms with Crippen LogP contribution in [0, 0.1) is 22.7 Å². The van der Waals surface area contributed by atoms with Gasteiger partial charge in [-0.2, -0.15) is 28.1 Å². The average molecular weight is 203 g/mol. The van der Waals surface area contributed by atoms with Gasteiger partial charge in [-0.05, 0) is 11.5 Å². The summed E-state index contributed by atoms with van der Waals surface area (Å²) in [5, 5.41) is 16.7. The Kier molecular flexibility index (Phi) is 2.22. The molecule has 1 aromatic heterocycles. The molecule has 0 aliphatic rings. The Morgan fingerprint density at radius 3 is 2.23 bits per heavy atom. The first-order chi connectivity index (χ1) is 6.00. The normalized spacial score (nSPS) is 10.5. The summed E-state index contributed by atoms with van der Waals surface area (Å²) in [7, 11) is 0. The summed E-state index contributed by atoms with van der Waals surface area (Å²) in [6.45, 7) is 0. The molecule has 0 saturated heterocycles. The first kappa shape index (κ1) is 9.49.